The molecule has 1 aromatic heterocycles. The Morgan fingerprint density at radius 2 is 1.95 bits per heavy atom. The number of anilines is 1. The molecule has 0 amide bonds. The zero-order valence-corrected chi connectivity index (χ0v) is 12.9. The molecular weight excluding hydrogens is 326 g/mol. The number of aryl methyl sites for hydroxylation is 1. The zero-order chi connectivity index (χ0) is 14.9. The molecule has 0 fully saturated rings. The Labute approximate surface area is 124 Å². The van der Waals surface area contributed by atoms with Crippen molar-refractivity contribution in [2.24, 2.45) is 7.05 Å². The van der Waals surface area contributed by atoms with E-state index in [1.807, 2.05) is 0 Å². The van der Waals surface area contributed by atoms with Crippen molar-refractivity contribution in [3.63, 3.8) is 0 Å². The lowest BCUT2D eigenvalue weighted by Gasteiger charge is -2.14. The van der Waals surface area contributed by atoms with E-state index < -0.39 is 0 Å². The molecule has 2 rings (SSSR count). The first-order valence-corrected chi connectivity index (χ1v) is 6.52. The number of nitrogens with two attached hydrogens (primary N) is 1. The van der Waals surface area contributed by atoms with Crippen LogP contribution in [0, 0.1) is 0 Å². The maximum absolute atomic E-state index is 11.2. The van der Waals surface area contributed by atoms with Crippen LogP contribution >= 0.6 is 15.9 Å². The van der Waals surface area contributed by atoms with Crippen molar-refractivity contribution < 1.29 is 14.3 Å². The maximum atomic E-state index is 11.2. The number of rotatable bonds is 4. The minimum atomic E-state index is 0.357. The van der Waals surface area contributed by atoms with Gasteiger partial charge in [0.05, 0.1) is 25.5 Å². The normalized spacial score (nSPS) is 10.4. The van der Waals surface area contributed by atoms with E-state index in [0.717, 1.165) is 0 Å². The van der Waals surface area contributed by atoms with Crippen molar-refractivity contribution >= 4 is 28.0 Å². The Morgan fingerprint density at radius 3 is 2.40 bits per heavy atom. The van der Waals surface area contributed by atoms with Crippen LogP contribution < -0.4 is 15.2 Å². The number of methoxy groups -OCH3 is 2. The van der Waals surface area contributed by atoms with E-state index in [1.54, 1.807) is 23.9 Å². The third kappa shape index (κ3) is 2.24. The summed E-state index contributed by atoms with van der Waals surface area (Å²) in [5.41, 5.74) is 7.51. The van der Waals surface area contributed by atoms with Crippen LogP contribution in [0.3, 0.4) is 0 Å². The summed E-state index contributed by atoms with van der Waals surface area (Å²) in [7, 11) is 4.74. The van der Waals surface area contributed by atoms with Crippen LogP contribution in [0.15, 0.2) is 16.6 Å². The predicted octanol–water partition coefficient (Wildman–Crippen LogP) is 2.26. The van der Waals surface area contributed by atoms with E-state index in [2.05, 4.69) is 21.0 Å². The first-order chi connectivity index (χ1) is 9.53. The van der Waals surface area contributed by atoms with Crippen molar-refractivity contribution in [3.8, 4) is 22.8 Å². The molecule has 0 atom stereocenters. The van der Waals surface area contributed by atoms with Crippen molar-refractivity contribution in [1.82, 2.24) is 9.78 Å². The van der Waals surface area contributed by atoms with Gasteiger partial charge in [-0.15, -0.1) is 0 Å². The number of hydrogen-bond acceptors (Lipinski definition) is 5. The topological polar surface area (TPSA) is 79.4 Å². The minimum absolute atomic E-state index is 0.357. The second kappa shape index (κ2) is 5.54. The van der Waals surface area contributed by atoms with Crippen LogP contribution in [0.2, 0.25) is 0 Å². The zero-order valence-electron chi connectivity index (χ0n) is 11.3. The molecule has 0 aliphatic carbocycles. The van der Waals surface area contributed by atoms with Crippen molar-refractivity contribution in [3.05, 3.63) is 22.2 Å². The van der Waals surface area contributed by atoms with E-state index in [9.17, 15) is 4.79 Å². The van der Waals surface area contributed by atoms with E-state index in [-0.39, 0.29) is 0 Å². The van der Waals surface area contributed by atoms with Gasteiger partial charge >= 0.3 is 0 Å². The second-order valence-electron chi connectivity index (χ2n) is 4.08. The monoisotopic (exact) mass is 339 g/mol. The number of carbonyl (C=O) groups is 1. The number of hydrogen-bond donors (Lipinski definition) is 1. The van der Waals surface area contributed by atoms with Gasteiger partial charge in [-0.3, -0.25) is 9.48 Å². The average Bonchev–Trinajstić information content (AvgIpc) is 2.77. The van der Waals surface area contributed by atoms with Crippen LogP contribution in [0.25, 0.3) is 11.3 Å². The molecule has 1 aromatic carbocycles. The molecule has 0 aliphatic rings. The van der Waals surface area contributed by atoms with Crippen LogP contribution in [0.4, 0.5) is 5.82 Å². The molecular formula is C13H14BrN3O3. The second-order valence-corrected chi connectivity index (χ2v) is 4.94. The highest BCUT2D eigenvalue weighted by molar-refractivity contribution is 9.10. The summed E-state index contributed by atoms with van der Waals surface area (Å²) < 4.78 is 12.8. The standard InChI is InChI=1S/C13H14BrN3O3/c1-17-11(15)5-10(16-17)7-4-9(14)8(6-18)13(20-3)12(7)19-2/h4-6H,15H2,1-3H3. The highest BCUT2D eigenvalue weighted by Crippen LogP contribution is 2.43. The molecule has 0 aliphatic heterocycles. The summed E-state index contributed by atoms with van der Waals surface area (Å²) in [6, 6.07) is 3.48. The Balaban J connectivity index is 2.76. The highest BCUT2D eigenvalue weighted by atomic mass is 79.9. The van der Waals surface area contributed by atoms with E-state index in [1.165, 1.54) is 14.2 Å². The number of halogens is 1. The fraction of sp³-hybridized carbons (Fsp3) is 0.231. The first-order valence-electron chi connectivity index (χ1n) is 5.73. The molecule has 0 spiro atoms. The lowest BCUT2D eigenvalue weighted by Crippen LogP contribution is -2.00. The molecule has 6 nitrogen and oxygen atoms in total. The molecule has 0 radical (unpaired) electrons. The molecule has 106 valence electrons. The van der Waals surface area contributed by atoms with Gasteiger partial charge in [0.1, 0.15) is 5.82 Å². The van der Waals surface area contributed by atoms with E-state index >= 15 is 0 Å². The van der Waals surface area contributed by atoms with Crippen LogP contribution in [0.1, 0.15) is 10.4 Å². The number of nitrogens with zero attached hydrogens (tertiary/aromatic N) is 2. The molecule has 0 bridgehead atoms. The fourth-order valence-corrected chi connectivity index (χ4v) is 2.44. The summed E-state index contributed by atoms with van der Waals surface area (Å²) in [4.78, 5) is 11.2. The molecule has 0 unspecified atom stereocenters. The lowest BCUT2D eigenvalue weighted by atomic mass is 10.1. The number of nitrogen functional groups attached to an aromatic ring is 1. The quantitative estimate of drug-likeness (QED) is 0.864. The fourth-order valence-electron chi connectivity index (χ4n) is 1.94. The van der Waals surface area contributed by atoms with Gasteiger partial charge in [-0.2, -0.15) is 5.10 Å². The Morgan fingerprint density at radius 1 is 1.30 bits per heavy atom. The average molecular weight is 340 g/mol. The van der Waals surface area contributed by atoms with E-state index in [0.29, 0.717) is 44.9 Å². The maximum Gasteiger partial charge on any atom is 0.173 e. The Bertz CT molecular complexity index is 648. The molecule has 2 aromatic rings. The Kier molecular flexibility index (Phi) is 3.99. The predicted molar refractivity (Wildman–Crippen MR) is 79.2 cm³/mol. The van der Waals surface area contributed by atoms with Gasteiger partial charge in [0.25, 0.3) is 0 Å². The number of aldehydes is 1. The Hall–Kier alpha value is -2.02. The van der Waals surface area contributed by atoms with Crippen LogP contribution in [-0.2, 0) is 7.05 Å². The minimum Gasteiger partial charge on any atom is -0.492 e. The summed E-state index contributed by atoms with van der Waals surface area (Å²) in [6.45, 7) is 0. The summed E-state index contributed by atoms with van der Waals surface area (Å²) >= 11 is 3.35. The SMILES string of the molecule is COc1c(-c2cc(N)n(C)n2)cc(Br)c(C=O)c1OC. The highest BCUT2D eigenvalue weighted by Gasteiger charge is 2.21. The largest absolute Gasteiger partial charge is 0.492 e. The van der Waals surface area contributed by atoms with Gasteiger partial charge in [0.15, 0.2) is 17.8 Å². The number of carbonyl (C=O) groups excluding carboxylic acids is 1. The van der Waals surface area contributed by atoms with Gasteiger partial charge < -0.3 is 15.2 Å². The molecule has 2 N–H and O–H groups in total. The number of aromatic nitrogens is 2. The van der Waals surface area contributed by atoms with Crippen molar-refractivity contribution in [2.75, 3.05) is 20.0 Å². The third-order valence-corrected chi connectivity index (χ3v) is 3.60. The summed E-state index contributed by atoms with van der Waals surface area (Å²) in [6.07, 6.45) is 0.710. The van der Waals surface area contributed by atoms with Gasteiger partial charge in [0, 0.05) is 23.2 Å². The van der Waals surface area contributed by atoms with E-state index in [4.69, 9.17) is 15.2 Å². The van der Waals surface area contributed by atoms with Gasteiger partial charge in [-0.1, -0.05) is 0 Å². The first kappa shape index (κ1) is 14.4. The summed E-state index contributed by atoms with van der Waals surface area (Å²) in [5, 5.41) is 4.31. The molecule has 0 saturated carbocycles. The third-order valence-electron chi connectivity index (χ3n) is 2.94. The van der Waals surface area contributed by atoms with Crippen LogP contribution in [-0.4, -0.2) is 30.3 Å². The number of benzene rings is 1. The molecule has 20 heavy (non-hydrogen) atoms. The van der Waals surface area contributed by atoms with Crippen LogP contribution in [0.5, 0.6) is 11.5 Å². The van der Waals surface area contributed by atoms with Crippen molar-refractivity contribution in [1.29, 1.82) is 0 Å². The number of ether oxygens (including phenoxy) is 2. The molecule has 0 saturated heterocycles. The summed E-state index contributed by atoms with van der Waals surface area (Å²) in [5.74, 6) is 1.32. The van der Waals surface area contributed by atoms with Gasteiger partial charge in [0.2, 0.25) is 0 Å². The van der Waals surface area contributed by atoms with Crippen molar-refractivity contribution in [2.45, 2.75) is 0 Å². The van der Waals surface area contributed by atoms with Gasteiger partial charge in [-0.05, 0) is 22.0 Å². The lowest BCUT2D eigenvalue weighted by molar-refractivity contribution is 0.111. The smallest absolute Gasteiger partial charge is 0.173 e. The molecule has 1 heterocycles. The molecule has 7 heteroatoms. The van der Waals surface area contributed by atoms with Gasteiger partial charge in [-0.25, -0.2) is 0 Å².